The standard InChI is InChI=1S/C24H28N6O2S2/c1-13-29-17-7-5-15(11-19(17)33-13)30-21-20-16-6-4-14(10-18(16)34-22(20)28-12-27-21)25-8-9-26-23(31)24(2,3)32/h5,7,11-12,14,25,32H,4,6,8-10H2,1-3H3,(H,26,31)(H,27,28,30). The van der Waals surface area contributed by atoms with E-state index < -0.39 is 5.60 Å². The van der Waals surface area contributed by atoms with Crippen LogP contribution in [0.15, 0.2) is 24.5 Å². The zero-order valence-corrected chi connectivity index (χ0v) is 21.1. The van der Waals surface area contributed by atoms with Crippen molar-refractivity contribution in [3.05, 3.63) is 40.0 Å². The third kappa shape index (κ3) is 4.76. The predicted octanol–water partition coefficient (Wildman–Crippen LogP) is 3.69. The number of rotatable bonds is 7. The third-order valence-electron chi connectivity index (χ3n) is 6.00. The number of carbonyl (C=O) groups excluding carboxylic acids is 1. The Morgan fingerprint density at radius 3 is 2.91 bits per heavy atom. The Kier molecular flexibility index (Phi) is 6.24. The fourth-order valence-electron chi connectivity index (χ4n) is 4.30. The second kappa shape index (κ2) is 9.18. The van der Waals surface area contributed by atoms with Crippen molar-refractivity contribution in [1.29, 1.82) is 0 Å². The molecule has 34 heavy (non-hydrogen) atoms. The molecule has 0 spiro atoms. The van der Waals surface area contributed by atoms with Gasteiger partial charge in [0, 0.05) is 29.7 Å². The Morgan fingerprint density at radius 1 is 1.24 bits per heavy atom. The van der Waals surface area contributed by atoms with E-state index in [1.54, 1.807) is 29.0 Å². The van der Waals surface area contributed by atoms with Crippen molar-refractivity contribution in [2.45, 2.75) is 51.7 Å². The number of carbonyl (C=O) groups is 1. The van der Waals surface area contributed by atoms with Gasteiger partial charge in [0.15, 0.2) is 0 Å². The summed E-state index contributed by atoms with van der Waals surface area (Å²) in [6.45, 7) is 6.16. The number of hydrogen-bond donors (Lipinski definition) is 4. The van der Waals surface area contributed by atoms with E-state index in [0.29, 0.717) is 19.1 Å². The highest BCUT2D eigenvalue weighted by molar-refractivity contribution is 7.19. The first-order valence-electron chi connectivity index (χ1n) is 11.4. The van der Waals surface area contributed by atoms with Gasteiger partial charge in [-0.3, -0.25) is 4.79 Å². The second-order valence-electron chi connectivity index (χ2n) is 9.16. The van der Waals surface area contributed by atoms with Crippen LogP contribution in [0.3, 0.4) is 0 Å². The first-order chi connectivity index (χ1) is 16.3. The number of benzene rings is 1. The highest BCUT2D eigenvalue weighted by Crippen LogP contribution is 2.39. The van der Waals surface area contributed by atoms with Crippen LogP contribution < -0.4 is 16.0 Å². The molecule has 3 heterocycles. The van der Waals surface area contributed by atoms with Crippen molar-refractivity contribution in [1.82, 2.24) is 25.6 Å². The number of anilines is 2. The Labute approximate surface area is 205 Å². The van der Waals surface area contributed by atoms with Gasteiger partial charge in [0.1, 0.15) is 22.6 Å². The Hall–Kier alpha value is -2.66. The van der Waals surface area contributed by atoms with Crippen molar-refractivity contribution in [3.8, 4) is 0 Å². The molecule has 1 aliphatic carbocycles. The number of fused-ring (bicyclic) bond motifs is 4. The average Bonchev–Trinajstić information content (AvgIpc) is 3.34. The van der Waals surface area contributed by atoms with E-state index >= 15 is 0 Å². The van der Waals surface area contributed by atoms with E-state index in [-0.39, 0.29) is 5.91 Å². The van der Waals surface area contributed by atoms with Crippen LogP contribution in [0, 0.1) is 6.92 Å². The normalized spacial score (nSPS) is 16.1. The second-order valence-corrected chi connectivity index (χ2v) is 11.5. The van der Waals surface area contributed by atoms with Crippen molar-refractivity contribution in [3.63, 3.8) is 0 Å². The van der Waals surface area contributed by atoms with Crippen LogP contribution in [0.4, 0.5) is 11.5 Å². The number of thiazole rings is 1. The van der Waals surface area contributed by atoms with E-state index in [0.717, 1.165) is 56.2 Å². The lowest BCUT2D eigenvalue weighted by molar-refractivity contribution is -0.136. The Balaban J connectivity index is 1.28. The number of thiophene rings is 1. The maximum absolute atomic E-state index is 11.8. The van der Waals surface area contributed by atoms with Crippen molar-refractivity contribution in [2.75, 3.05) is 18.4 Å². The highest BCUT2D eigenvalue weighted by Gasteiger charge is 2.26. The molecule has 178 valence electrons. The molecule has 4 aromatic rings. The molecule has 0 aliphatic heterocycles. The van der Waals surface area contributed by atoms with Crippen molar-refractivity contribution in [2.24, 2.45) is 0 Å². The van der Waals surface area contributed by atoms with Gasteiger partial charge in [-0.1, -0.05) is 0 Å². The van der Waals surface area contributed by atoms with Crippen LogP contribution in [0.5, 0.6) is 0 Å². The summed E-state index contributed by atoms with van der Waals surface area (Å²) in [6.07, 6.45) is 4.53. The first-order valence-corrected chi connectivity index (χ1v) is 13.0. The zero-order chi connectivity index (χ0) is 23.9. The van der Waals surface area contributed by atoms with Crippen LogP contribution in [-0.2, 0) is 17.6 Å². The highest BCUT2D eigenvalue weighted by atomic mass is 32.1. The van der Waals surface area contributed by atoms with E-state index in [9.17, 15) is 9.90 Å². The maximum Gasteiger partial charge on any atom is 0.251 e. The van der Waals surface area contributed by atoms with E-state index in [1.807, 2.05) is 19.1 Å². The lowest BCUT2D eigenvalue weighted by Gasteiger charge is -2.24. The molecule has 0 saturated heterocycles. The molecule has 10 heteroatoms. The summed E-state index contributed by atoms with van der Waals surface area (Å²) >= 11 is 3.43. The third-order valence-corrected chi connectivity index (χ3v) is 8.10. The topological polar surface area (TPSA) is 112 Å². The van der Waals surface area contributed by atoms with E-state index in [1.165, 1.54) is 24.3 Å². The molecule has 1 amide bonds. The van der Waals surface area contributed by atoms with Gasteiger partial charge in [-0.15, -0.1) is 22.7 Å². The molecule has 5 rings (SSSR count). The van der Waals surface area contributed by atoms with Gasteiger partial charge in [-0.25, -0.2) is 15.0 Å². The van der Waals surface area contributed by atoms with Crippen LogP contribution in [0.2, 0.25) is 0 Å². The van der Waals surface area contributed by atoms with E-state index in [2.05, 4.69) is 37.0 Å². The number of aliphatic hydroxyl groups is 1. The average molecular weight is 497 g/mol. The van der Waals surface area contributed by atoms with Crippen LogP contribution >= 0.6 is 22.7 Å². The predicted molar refractivity (Wildman–Crippen MR) is 138 cm³/mol. The smallest absolute Gasteiger partial charge is 0.251 e. The fourth-order valence-corrected chi connectivity index (χ4v) is 6.44. The summed E-state index contributed by atoms with van der Waals surface area (Å²) in [5.41, 5.74) is 2.01. The molecular formula is C24H28N6O2S2. The number of nitrogens with zero attached hydrogens (tertiary/aromatic N) is 3. The summed E-state index contributed by atoms with van der Waals surface area (Å²) in [4.78, 5) is 27.8. The minimum atomic E-state index is -1.35. The van der Waals surface area contributed by atoms with Crippen LogP contribution in [0.25, 0.3) is 20.4 Å². The molecular weight excluding hydrogens is 468 g/mol. The number of nitrogens with one attached hydrogen (secondary N) is 3. The molecule has 0 fully saturated rings. The summed E-state index contributed by atoms with van der Waals surface area (Å²) in [5, 5.41) is 21.7. The van der Waals surface area contributed by atoms with E-state index in [4.69, 9.17) is 0 Å². The lowest BCUT2D eigenvalue weighted by atomic mass is 9.93. The number of hydrogen-bond acceptors (Lipinski definition) is 9. The number of aromatic nitrogens is 3. The fraction of sp³-hybridized carbons (Fsp3) is 0.417. The van der Waals surface area contributed by atoms with Gasteiger partial charge in [0.05, 0.1) is 20.6 Å². The van der Waals surface area contributed by atoms with Crippen LogP contribution in [0.1, 0.15) is 35.7 Å². The first kappa shape index (κ1) is 23.1. The summed E-state index contributed by atoms with van der Waals surface area (Å²) in [5.74, 6) is 0.497. The van der Waals surface area contributed by atoms with Crippen LogP contribution in [-0.4, -0.2) is 50.7 Å². The van der Waals surface area contributed by atoms with Crippen molar-refractivity contribution < 1.29 is 9.90 Å². The number of amides is 1. The Morgan fingerprint density at radius 2 is 2.09 bits per heavy atom. The largest absolute Gasteiger partial charge is 0.381 e. The van der Waals surface area contributed by atoms with Gasteiger partial charge in [0.25, 0.3) is 5.91 Å². The maximum atomic E-state index is 11.8. The van der Waals surface area contributed by atoms with Crippen molar-refractivity contribution >= 4 is 60.5 Å². The SMILES string of the molecule is Cc1nc2ccc(Nc3ncnc4sc5c(c34)CCC(NCCNC(=O)C(C)(C)O)C5)cc2s1. The number of aryl methyl sites for hydroxylation is 2. The Bertz CT molecular complexity index is 1360. The molecule has 3 aromatic heterocycles. The quantitative estimate of drug-likeness (QED) is 0.289. The molecule has 1 unspecified atom stereocenters. The molecule has 0 radical (unpaired) electrons. The summed E-state index contributed by atoms with van der Waals surface area (Å²) < 4.78 is 1.16. The molecule has 1 atom stereocenters. The van der Waals surface area contributed by atoms with Gasteiger partial charge >= 0.3 is 0 Å². The lowest BCUT2D eigenvalue weighted by Crippen LogP contribution is -2.45. The molecule has 8 nitrogen and oxygen atoms in total. The molecule has 0 saturated carbocycles. The molecule has 1 aliphatic rings. The van der Waals surface area contributed by atoms with Gasteiger partial charge in [-0.2, -0.15) is 0 Å². The minimum absolute atomic E-state index is 0.348. The zero-order valence-electron chi connectivity index (χ0n) is 19.4. The van der Waals surface area contributed by atoms with Gasteiger partial charge < -0.3 is 21.1 Å². The molecule has 0 bridgehead atoms. The minimum Gasteiger partial charge on any atom is -0.381 e. The van der Waals surface area contributed by atoms with Gasteiger partial charge in [0.2, 0.25) is 0 Å². The summed E-state index contributed by atoms with van der Waals surface area (Å²) in [7, 11) is 0. The summed E-state index contributed by atoms with van der Waals surface area (Å²) in [6, 6.07) is 6.57. The van der Waals surface area contributed by atoms with Gasteiger partial charge in [-0.05, 0) is 63.8 Å². The molecule has 4 N–H and O–H groups in total. The monoisotopic (exact) mass is 496 g/mol. The molecule has 1 aromatic carbocycles.